The molecule has 0 saturated heterocycles. The fraction of sp³-hybridized carbons (Fsp3) is 0.462. The Morgan fingerprint density at radius 2 is 1.46 bits per heavy atom. The maximum Gasteiger partial charge on any atom is 0.426 e. The predicted molar refractivity (Wildman–Crippen MR) is 132 cm³/mol. The number of amides is 2. The summed E-state index contributed by atoms with van der Waals surface area (Å²) in [7, 11) is 0. The van der Waals surface area contributed by atoms with Crippen LogP contribution >= 0.6 is 0 Å². The average molecular weight is 488 g/mol. The highest BCUT2D eigenvalue weighted by molar-refractivity contribution is 5.70. The molecule has 5 N–H and O–H groups in total. The summed E-state index contributed by atoms with van der Waals surface area (Å²) in [6.07, 6.45) is -3.62. The standard InChI is InChI=1S/C26H37N3O6/c1-26(2,3)35-24(32)28-23(22(31)17-15-20-12-8-5-9-13-20)34-25(33)29(27)18-21(30)16-14-19-10-6-4-7-11-19/h4-13,21-23,30-31H,14-18,27H2,1-3H3,(H,28,32). The number of hydrogen-bond acceptors (Lipinski definition) is 7. The number of carbonyl (C=O) groups excluding carboxylic acids is 2. The van der Waals surface area contributed by atoms with Crippen molar-refractivity contribution in [2.45, 2.75) is 70.5 Å². The molecule has 9 heteroatoms. The Morgan fingerprint density at radius 3 is 1.97 bits per heavy atom. The SMILES string of the molecule is CC(C)(C)OC(=O)NC(OC(=O)N(N)CC(O)CCc1ccccc1)C(O)CCc1ccccc1. The number of aryl methyl sites for hydroxylation is 2. The fourth-order valence-electron chi connectivity index (χ4n) is 3.29. The van der Waals surface area contributed by atoms with Crippen molar-refractivity contribution in [2.24, 2.45) is 5.84 Å². The lowest BCUT2D eigenvalue weighted by molar-refractivity contribution is -0.0401. The lowest BCUT2D eigenvalue weighted by Gasteiger charge is -2.28. The second-order valence-electron chi connectivity index (χ2n) is 9.37. The van der Waals surface area contributed by atoms with E-state index >= 15 is 0 Å². The topological polar surface area (TPSA) is 134 Å². The molecular weight excluding hydrogens is 450 g/mol. The lowest BCUT2D eigenvalue weighted by Crippen LogP contribution is -2.52. The zero-order valence-electron chi connectivity index (χ0n) is 20.6. The Morgan fingerprint density at radius 1 is 0.943 bits per heavy atom. The molecule has 2 amide bonds. The second kappa shape index (κ2) is 13.7. The Balaban J connectivity index is 1.94. The zero-order chi connectivity index (χ0) is 25.8. The van der Waals surface area contributed by atoms with Gasteiger partial charge in [-0.3, -0.25) is 5.32 Å². The second-order valence-corrected chi connectivity index (χ2v) is 9.37. The van der Waals surface area contributed by atoms with Gasteiger partial charge in [-0.15, -0.1) is 0 Å². The molecule has 2 aromatic rings. The highest BCUT2D eigenvalue weighted by Gasteiger charge is 2.29. The van der Waals surface area contributed by atoms with E-state index in [-0.39, 0.29) is 13.0 Å². The number of nitrogens with one attached hydrogen (secondary N) is 1. The fourth-order valence-corrected chi connectivity index (χ4v) is 3.29. The van der Waals surface area contributed by atoms with Gasteiger partial charge in [0.1, 0.15) is 11.7 Å². The van der Waals surface area contributed by atoms with Gasteiger partial charge < -0.3 is 19.7 Å². The Labute approximate surface area is 206 Å². The minimum absolute atomic E-state index is 0.176. The van der Waals surface area contributed by atoms with E-state index in [1.807, 2.05) is 60.7 Å². The molecule has 0 aliphatic heterocycles. The van der Waals surface area contributed by atoms with E-state index < -0.39 is 36.2 Å². The summed E-state index contributed by atoms with van der Waals surface area (Å²) in [4.78, 5) is 24.8. The van der Waals surface area contributed by atoms with Crippen LogP contribution in [-0.2, 0) is 22.3 Å². The van der Waals surface area contributed by atoms with Gasteiger partial charge in [0.25, 0.3) is 0 Å². The molecule has 0 bridgehead atoms. The number of hydrazine groups is 1. The number of nitrogens with two attached hydrogens (primary N) is 1. The summed E-state index contributed by atoms with van der Waals surface area (Å²) < 4.78 is 10.5. The number of benzene rings is 2. The molecule has 192 valence electrons. The zero-order valence-corrected chi connectivity index (χ0v) is 20.6. The van der Waals surface area contributed by atoms with Gasteiger partial charge in [-0.1, -0.05) is 60.7 Å². The molecule has 3 unspecified atom stereocenters. The number of hydrogen-bond donors (Lipinski definition) is 4. The van der Waals surface area contributed by atoms with Crippen LogP contribution in [0.4, 0.5) is 9.59 Å². The summed E-state index contributed by atoms with van der Waals surface area (Å²) in [6, 6.07) is 19.1. The van der Waals surface area contributed by atoms with Crippen molar-refractivity contribution in [1.82, 2.24) is 10.3 Å². The summed E-state index contributed by atoms with van der Waals surface area (Å²) in [6.45, 7) is 4.90. The van der Waals surface area contributed by atoms with Crippen LogP contribution in [0.15, 0.2) is 60.7 Å². The van der Waals surface area contributed by atoms with Crippen molar-refractivity contribution in [3.05, 3.63) is 71.8 Å². The van der Waals surface area contributed by atoms with Crippen molar-refractivity contribution in [2.75, 3.05) is 6.54 Å². The first kappa shape index (κ1) is 28.1. The molecule has 0 spiro atoms. The van der Waals surface area contributed by atoms with Gasteiger partial charge in [0.15, 0.2) is 0 Å². The summed E-state index contributed by atoms with van der Waals surface area (Å²) >= 11 is 0. The normalized spacial score (nSPS) is 13.9. The van der Waals surface area contributed by atoms with Crippen molar-refractivity contribution < 1.29 is 29.3 Å². The summed E-state index contributed by atoms with van der Waals surface area (Å²) in [5.74, 6) is 5.81. The molecule has 0 fully saturated rings. The first-order valence-corrected chi connectivity index (χ1v) is 11.7. The molecule has 0 aliphatic carbocycles. The van der Waals surface area contributed by atoms with Gasteiger partial charge in [0.05, 0.1) is 12.6 Å². The monoisotopic (exact) mass is 487 g/mol. The van der Waals surface area contributed by atoms with Gasteiger partial charge in [0, 0.05) is 0 Å². The summed E-state index contributed by atoms with van der Waals surface area (Å²) in [5, 5.41) is 24.1. The van der Waals surface area contributed by atoms with Crippen LogP contribution in [0.2, 0.25) is 0 Å². The van der Waals surface area contributed by atoms with Crippen molar-refractivity contribution in [1.29, 1.82) is 0 Å². The number of aliphatic hydroxyl groups excluding tert-OH is 2. The summed E-state index contributed by atoms with van der Waals surface area (Å²) in [5.41, 5.74) is 1.26. The number of carbonyl (C=O) groups is 2. The number of alkyl carbamates (subject to hydrolysis) is 1. The first-order valence-electron chi connectivity index (χ1n) is 11.7. The van der Waals surface area contributed by atoms with Gasteiger partial charge in [-0.2, -0.15) is 0 Å². The molecule has 0 heterocycles. The van der Waals surface area contributed by atoms with E-state index in [0.29, 0.717) is 19.3 Å². The molecule has 9 nitrogen and oxygen atoms in total. The third-order valence-electron chi connectivity index (χ3n) is 5.06. The first-order chi connectivity index (χ1) is 16.5. The van der Waals surface area contributed by atoms with E-state index in [9.17, 15) is 19.8 Å². The molecule has 3 atom stereocenters. The average Bonchev–Trinajstić information content (AvgIpc) is 2.80. The smallest absolute Gasteiger partial charge is 0.426 e. The van der Waals surface area contributed by atoms with Gasteiger partial charge in [-0.05, 0) is 57.6 Å². The third-order valence-corrected chi connectivity index (χ3v) is 5.06. The van der Waals surface area contributed by atoms with Crippen molar-refractivity contribution >= 4 is 12.2 Å². The molecule has 2 rings (SSSR count). The largest absolute Gasteiger partial charge is 0.444 e. The van der Waals surface area contributed by atoms with Crippen LogP contribution in [-0.4, -0.2) is 58.0 Å². The third kappa shape index (κ3) is 11.2. The molecule has 0 radical (unpaired) electrons. The van der Waals surface area contributed by atoms with Crippen LogP contribution in [0.3, 0.4) is 0 Å². The Hall–Kier alpha value is -3.14. The molecule has 0 aliphatic rings. The number of ether oxygens (including phenoxy) is 2. The Kier molecular flexibility index (Phi) is 11.0. The molecule has 0 saturated carbocycles. The molecular formula is C26H37N3O6. The maximum atomic E-state index is 12.6. The van der Waals surface area contributed by atoms with Crippen LogP contribution in [0.5, 0.6) is 0 Å². The van der Waals surface area contributed by atoms with Gasteiger partial charge >= 0.3 is 12.2 Å². The van der Waals surface area contributed by atoms with Crippen LogP contribution in [0.1, 0.15) is 44.7 Å². The maximum absolute atomic E-state index is 12.6. The van der Waals surface area contributed by atoms with Gasteiger partial charge in [-0.25, -0.2) is 20.4 Å². The predicted octanol–water partition coefficient (Wildman–Crippen LogP) is 3.14. The molecule has 35 heavy (non-hydrogen) atoms. The van der Waals surface area contributed by atoms with E-state index in [1.165, 1.54) is 0 Å². The van der Waals surface area contributed by atoms with Gasteiger partial charge in [0.2, 0.25) is 6.23 Å². The molecule has 0 aromatic heterocycles. The van der Waals surface area contributed by atoms with Crippen LogP contribution < -0.4 is 11.2 Å². The quantitative estimate of drug-likeness (QED) is 0.166. The number of aliphatic hydroxyl groups is 2. The lowest BCUT2D eigenvalue weighted by atomic mass is 10.1. The molecule has 2 aromatic carbocycles. The van der Waals surface area contributed by atoms with E-state index in [2.05, 4.69) is 5.32 Å². The minimum atomic E-state index is -1.39. The highest BCUT2D eigenvalue weighted by atomic mass is 16.6. The Bertz CT molecular complexity index is 904. The van der Waals surface area contributed by atoms with Crippen LogP contribution in [0, 0.1) is 0 Å². The van der Waals surface area contributed by atoms with Crippen LogP contribution in [0.25, 0.3) is 0 Å². The highest BCUT2D eigenvalue weighted by Crippen LogP contribution is 2.12. The number of rotatable bonds is 11. The minimum Gasteiger partial charge on any atom is -0.444 e. The van der Waals surface area contributed by atoms with E-state index in [4.69, 9.17) is 15.3 Å². The van der Waals surface area contributed by atoms with E-state index in [0.717, 1.165) is 16.1 Å². The number of nitrogens with zero attached hydrogens (tertiary/aromatic N) is 1. The van der Waals surface area contributed by atoms with E-state index in [1.54, 1.807) is 20.8 Å². The van der Waals surface area contributed by atoms with Crippen molar-refractivity contribution in [3.8, 4) is 0 Å². The van der Waals surface area contributed by atoms with Crippen molar-refractivity contribution in [3.63, 3.8) is 0 Å².